The third kappa shape index (κ3) is 4.08. The summed E-state index contributed by atoms with van der Waals surface area (Å²) in [4.78, 5) is 5.83. The van der Waals surface area contributed by atoms with Crippen molar-refractivity contribution in [3.63, 3.8) is 0 Å². The topological polar surface area (TPSA) is 15.3 Å². The fraction of sp³-hybridized carbons (Fsp3) is 0.778. The fourth-order valence-corrected chi connectivity index (χ4v) is 5.03. The Morgan fingerprint density at radius 2 is 1.90 bits per heavy atom. The van der Waals surface area contributed by atoms with E-state index in [1.54, 1.807) is 4.88 Å². The average molecular weight is 307 g/mol. The summed E-state index contributed by atoms with van der Waals surface area (Å²) in [6.07, 6.45) is 8.74. The molecule has 2 aliphatic rings. The first-order valence-electron chi connectivity index (χ1n) is 8.77. The zero-order valence-electron chi connectivity index (χ0n) is 13.6. The molecular weight excluding hydrogens is 276 g/mol. The van der Waals surface area contributed by atoms with Crippen LogP contribution in [0, 0.1) is 5.92 Å². The highest BCUT2D eigenvalue weighted by atomic mass is 32.1. The summed E-state index contributed by atoms with van der Waals surface area (Å²) < 4.78 is 0. The number of thiophene rings is 1. The zero-order chi connectivity index (χ0) is 14.7. The molecule has 3 rings (SSSR count). The Bertz CT molecular complexity index is 438. The minimum absolute atomic E-state index is 0.570. The van der Waals surface area contributed by atoms with Crippen molar-refractivity contribution >= 4 is 11.3 Å². The molecule has 1 saturated heterocycles. The number of nitrogens with one attached hydrogen (secondary N) is 1. The number of rotatable bonds is 5. The summed E-state index contributed by atoms with van der Waals surface area (Å²) in [6.45, 7) is 7.96. The molecule has 2 nitrogen and oxygen atoms in total. The average Bonchev–Trinajstić information content (AvgIpc) is 2.93. The monoisotopic (exact) mass is 306 g/mol. The van der Waals surface area contributed by atoms with E-state index in [1.165, 1.54) is 56.5 Å². The molecule has 0 aromatic carbocycles. The minimum Gasteiger partial charge on any atom is -0.310 e. The molecule has 1 N–H and O–H groups in total. The smallest absolute Gasteiger partial charge is 0.0331 e. The third-order valence-electron chi connectivity index (χ3n) is 5.12. The van der Waals surface area contributed by atoms with Crippen molar-refractivity contribution in [3.05, 3.63) is 21.9 Å². The predicted octanol–water partition coefficient (Wildman–Crippen LogP) is 4.40. The Morgan fingerprint density at radius 1 is 1.14 bits per heavy atom. The van der Waals surface area contributed by atoms with Crippen LogP contribution in [0.5, 0.6) is 0 Å². The van der Waals surface area contributed by atoms with Crippen molar-refractivity contribution in [2.45, 2.75) is 77.5 Å². The zero-order valence-corrected chi connectivity index (χ0v) is 14.4. The molecule has 2 atom stereocenters. The van der Waals surface area contributed by atoms with Gasteiger partial charge < -0.3 is 5.32 Å². The molecule has 21 heavy (non-hydrogen) atoms. The van der Waals surface area contributed by atoms with Gasteiger partial charge in [0.2, 0.25) is 0 Å². The fourth-order valence-electron chi connectivity index (χ4n) is 4.03. The van der Waals surface area contributed by atoms with Crippen LogP contribution in [-0.2, 0) is 13.1 Å². The van der Waals surface area contributed by atoms with E-state index in [4.69, 9.17) is 0 Å². The highest BCUT2D eigenvalue weighted by Gasteiger charge is 2.33. The molecule has 0 radical (unpaired) electrons. The van der Waals surface area contributed by atoms with Gasteiger partial charge in [0.15, 0.2) is 0 Å². The maximum Gasteiger partial charge on any atom is 0.0331 e. The number of nitrogens with zero attached hydrogens (tertiary/aromatic N) is 1. The van der Waals surface area contributed by atoms with Gasteiger partial charge in [-0.05, 0) is 50.3 Å². The molecule has 0 bridgehead atoms. The third-order valence-corrected chi connectivity index (χ3v) is 6.19. The second-order valence-electron chi connectivity index (χ2n) is 7.13. The molecule has 2 heterocycles. The largest absolute Gasteiger partial charge is 0.310 e. The molecule has 1 aromatic heterocycles. The van der Waals surface area contributed by atoms with E-state index in [9.17, 15) is 0 Å². The standard InChI is InChI=1S/C18H30N2S/c1-14(2)19-12-16-9-10-17(21-16)13-20-11-5-7-15-6-3-4-8-18(15)20/h9-10,14-15,18-19H,3-8,11-13H2,1-2H3. The van der Waals surface area contributed by atoms with E-state index in [1.807, 2.05) is 11.3 Å². The van der Waals surface area contributed by atoms with Gasteiger partial charge in [0.05, 0.1) is 0 Å². The van der Waals surface area contributed by atoms with Crippen molar-refractivity contribution in [1.82, 2.24) is 10.2 Å². The molecule has 1 aliphatic heterocycles. The van der Waals surface area contributed by atoms with Gasteiger partial charge in [0.25, 0.3) is 0 Å². The number of fused-ring (bicyclic) bond motifs is 1. The van der Waals surface area contributed by atoms with Crippen LogP contribution >= 0.6 is 11.3 Å². The van der Waals surface area contributed by atoms with Crippen molar-refractivity contribution in [2.75, 3.05) is 6.54 Å². The van der Waals surface area contributed by atoms with Crippen LogP contribution in [0.2, 0.25) is 0 Å². The van der Waals surface area contributed by atoms with Crippen molar-refractivity contribution in [2.24, 2.45) is 5.92 Å². The van der Waals surface area contributed by atoms with Crippen molar-refractivity contribution in [1.29, 1.82) is 0 Å². The minimum atomic E-state index is 0.570. The SMILES string of the molecule is CC(C)NCc1ccc(CN2CCCC3CCCCC32)s1. The number of piperidine rings is 1. The first-order valence-corrected chi connectivity index (χ1v) is 9.59. The van der Waals surface area contributed by atoms with Gasteiger partial charge in [-0.25, -0.2) is 0 Å². The Balaban J connectivity index is 1.57. The van der Waals surface area contributed by atoms with Crippen LogP contribution in [0.15, 0.2) is 12.1 Å². The maximum absolute atomic E-state index is 3.52. The van der Waals surface area contributed by atoms with Crippen LogP contribution in [0.1, 0.15) is 62.1 Å². The van der Waals surface area contributed by atoms with Gasteiger partial charge in [-0.15, -0.1) is 11.3 Å². The first kappa shape index (κ1) is 15.5. The number of hydrogen-bond donors (Lipinski definition) is 1. The summed E-state index contributed by atoms with van der Waals surface area (Å²) >= 11 is 2.00. The molecule has 1 saturated carbocycles. The molecule has 118 valence electrons. The Morgan fingerprint density at radius 3 is 2.76 bits per heavy atom. The lowest BCUT2D eigenvalue weighted by Crippen LogP contribution is -2.46. The van der Waals surface area contributed by atoms with E-state index in [-0.39, 0.29) is 0 Å². The summed E-state index contributed by atoms with van der Waals surface area (Å²) in [5.74, 6) is 0.995. The second-order valence-corrected chi connectivity index (χ2v) is 8.38. The van der Waals surface area contributed by atoms with Crippen molar-refractivity contribution in [3.8, 4) is 0 Å². The molecule has 0 spiro atoms. The van der Waals surface area contributed by atoms with E-state index in [2.05, 4.69) is 36.2 Å². The molecule has 1 aliphatic carbocycles. The van der Waals surface area contributed by atoms with Crippen LogP contribution in [0.3, 0.4) is 0 Å². The van der Waals surface area contributed by atoms with Crippen LogP contribution < -0.4 is 5.32 Å². The summed E-state index contributed by atoms with van der Waals surface area (Å²) in [7, 11) is 0. The summed E-state index contributed by atoms with van der Waals surface area (Å²) in [5.41, 5.74) is 0. The second kappa shape index (κ2) is 7.26. The number of hydrogen-bond acceptors (Lipinski definition) is 3. The van der Waals surface area contributed by atoms with Gasteiger partial charge >= 0.3 is 0 Å². The summed E-state index contributed by atoms with van der Waals surface area (Å²) in [6, 6.07) is 6.12. The number of likely N-dealkylation sites (tertiary alicyclic amines) is 1. The highest BCUT2D eigenvalue weighted by Crippen LogP contribution is 2.36. The molecule has 2 fully saturated rings. The van der Waals surface area contributed by atoms with Gasteiger partial charge in [0.1, 0.15) is 0 Å². The van der Waals surface area contributed by atoms with Gasteiger partial charge in [-0.1, -0.05) is 26.7 Å². The van der Waals surface area contributed by atoms with E-state index >= 15 is 0 Å². The van der Waals surface area contributed by atoms with Gasteiger partial charge in [-0.2, -0.15) is 0 Å². The predicted molar refractivity (Wildman–Crippen MR) is 91.7 cm³/mol. The Hall–Kier alpha value is -0.380. The summed E-state index contributed by atoms with van der Waals surface area (Å²) in [5, 5.41) is 3.52. The van der Waals surface area contributed by atoms with Crippen LogP contribution in [-0.4, -0.2) is 23.5 Å². The van der Waals surface area contributed by atoms with Crippen LogP contribution in [0.4, 0.5) is 0 Å². The lowest BCUT2D eigenvalue weighted by atomic mass is 9.78. The molecule has 0 amide bonds. The van der Waals surface area contributed by atoms with E-state index in [0.717, 1.165) is 18.5 Å². The quantitative estimate of drug-likeness (QED) is 0.867. The Kier molecular flexibility index (Phi) is 5.36. The maximum atomic E-state index is 3.52. The normalized spacial score (nSPS) is 27.0. The van der Waals surface area contributed by atoms with Gasteiger partial charge in [-0.3, -0.25) is 4.90 Å². The highest BCUT2D eigenvalue weighted by molar-refractivity contribution is 7.11. The molecule has 1 aromatic rings. The lowest BCUT2D eigenvalue weighted by molar-refractivity contribution is 0.0555. The Labute approximate surface area is 133 Å². The van der Waals surface area contributed by atoms with Crippen LogP contribution in [0.25, 0.3) is 0 Å². The van der Waals surface area contributed by atoms with E-state index < -0.39 is 0 Å². The molecule has 2 unspecified atom stereocenters. The van der Waals surface area contributed by atoms with E-state index in [0.29, 0.717) is 6.04 Å². The molecule has 3 heteroatoms. The lowest BCUT2D eigenvalue weighted by Gasteiger charge is -2.44. The van der Waals surface area contributed by atoms with Gasteiger partial charge in [0, 0.05) is 34.9 Å². The molecular formula is C18H30N2S. The van der Waals surface area contributed by atoms with Crippen molar-refractivity contribution < 1.29 is 0 Å². The first-order chi connectivity index (χ1) is 10.2.